The van der Waals surface area contributed by atoms with Gasteiger partial charge in [-0.2, -0.15) is 0 Å². The average Bonchev–Trinajstić information content (AvgIpc) is 2.92. The van der Waals surface area contributed by atoms with E-state index in [-0.39, 0.29) is 11.8 Å². The van der Waals surface area contributed by atoms with Crippen LogP contribution >= 0.6 is 0 Å². The van der Waals surface area contributed by atoms with Crippen molar-refractivity contribution in [2.45, 2.75) is 52.1 Å². The molecule has 1 atom stereocenters. The minimum Gasteiger partial charge on any atom is -0.481 e. The number of amides is 2. The zero-order chi connectivity index (χ0) is 26.0. The second-order valence-corrected chi connectivity index (χ2v) is 9.01. The largest absolute Gasteiger partial charge is 0.481 e. The van der Waals surface area contributed by atoms with Gasteiger partial charge in [0, 0.05) is 42.1 Å². The Morgan fingerprint density at radius 2 is 1.97 bits per heavy atom. The molecule has 1 aliphatic rings. The molecular weight excluding hydrogens is 464 g/mol. The van der Waals surface area contributed by atoms with Crippen LogP contribution in [0.2, 0.25) is 0 Å². The normalized spacial score (nSPS) is 14.9. The monoisotopic (exact) mass is 498 g/mol. The highest BCUT2D eigenvalue weighted by atomic mass is 16.5. The first-order valence-electron chi connectivity index (χ1n) is 12.9. The van der Waals surface area contributed by atoms with Crippen LogP contribution in [-0.4, -0.2) is 29.4 Å². The fourth-order valence-electron chi connectivity index (χ4n) is 4.33. The van der Waals surface area contributed by atoms with E-state index in [1.807, 2.05) is 91.7 Å². The minimum absolute atomic E-state index is 0.150. The summed E-state index contributed by atoms with van der Waals surface area (Å²) >= 11 is 0. The van der Waals surface area contributed by atoms with Crippen molar-refractivity contribution in [1.82, 2.24) is 4.98 Å². The SMILES string of the molecule is C/C=C\C=C/Nc1nccc2ccc(OC(CCC)C(=O)Nc3ccc(N4CCCCC4=O)cc3)cc12. The number of hydrogen-bond acceptors (Lipinski definition) is 5. The van der Waals surface area contributed by atoms with Crippen LogP contribution in [0.5, 0.6) is 5.75 Å². The molecule has 1 unspecified atom stereocenters. The van der Waals surface area contributed by atoms with E-state index in [1.165, 1.54) is 0 Å². The molecule has 0 saturated carbocycles. The molecular formula is C30H34N4O3. The Morgan fingerprint density at radius 3 is 2.73 bits per heavy atom. The number of fused-ring (bicyclic) bond motifs is 1. The maximum Gasteiger partial charge on any atom is 0.265 e. The number of anilines is 3. The zero-order valence-electron chi connectivity index (χ0n) is 21.4. The average molecular weight is 499 g/mol. The van der Waals surface area contributed by atoms with Crippen molar-refractivity contribution < 1.29 is 14.3 Å². The van der Waals surface area contributed by atoms with Gasteiger partial charge in [0.25, 0.3) is 5.91 Å². The van der Waals surface area contributed by atoms with Gasteiger partial charge in [-0.05, 0) is 80.1 Å². The third-order valence-corrected chi connectivity index (χ3v) is 6.25. The van der Waals surface area contributed by atoms with Crippen LogP contribution in [0.25, 0.3) is 10.8 Å². The molecule has 1 aromatic heterocycles. The number of hydrogen-bond donors (Lipinski definition) is 2. The smallest absolute Gasteiger partial charge is 0.265 e. The number of rotatable bonds is 10. The fraction of sp³-hybridized carbons (Fsp3) is 0.300. The Morgan fingerprint density at radius 1 is 1.14 bits per heavy atom. The maximum absolute atomic E-state index is 13.1. The van der Waals surface area contributed by atoms with E-state index in [1.54, 1.807) is 6.20 Å². The summed E-state index contributed by atoms with van der Waals surface area (Å²) in [6.45, 7) is 4.72. The van der Waals surface area contributed by atoms with E-state index >= 15 is 0 Å². The third kappa shape index (κ3) is 6.76. The number of ether oxygens (including phenoxy) is 1. The standard InChI is InChI=1S/C30H34N4O3/c1-3-5-7-18-31-29-26-21-25(16-11-22(26)17-19-32-29)37-27(9-4-2)30(36)33-23-12-14-24(15-13-23)34-20-8-6-10-28(34)35/h3,5,7,11-19,21,27H,4,6,8-10,20H2,1-2H3,(H,31,32)(H,33,36)/b5-3-,18-7-. The van der Waals surface area contributed by atoms with Gasteiger partial charge in [0.05, 0.1) is 0 Å². The molecule has 0 spiro atoms. The molecule has 2 N–H and O–H groups in total. The summed E-state index contributed by atoms with van der Waals surface area (Å²) in [5, 5.41) is 8.11. The lowest BCUT2D eigenvalue weighted by molar-refractivity contribution is -0.123. The highest BCUT2D eigenvalue weighted by molar-refractivity contribution is 5.97. The van der Waals surface area contributed by atoms with Gasteiger partial charge in [-0.1, -0.05) is 31.6 Å². The summed E-state index contributed by atoms with van der Waals surface area (Å²) in [6.07, 6.45) is 12.6. The molecule has 7 nitrogen and oxygen atoms in total. The number of allylic oxidation sites excluding steroid dienone is 3. The number of pyridine rings is 1. The molecule has 2 aromatic carbocycles. The second-order valence-electron chi connectivity index (χ2n) is 9.01. The van der Waals surface area contributed by atoms with Gasteiger partial charge in [0.2, 0.25) is 5.91 Å². The van der Waals surface area contributed by atoms with Crippen molar-refractivity contribution in [3.05, 3.63) is 79.2 Å². The first-order chi connectivity index (χ1) is 18.1. The fourth-order valence-corrected chi connectivity index (χ4v) is 4.33. The van der Waals surface area contributed by atoms with Crippen molar-refractivity contribution >= 4 is 39.8 Å². The van der Waals surface area contributed by atoms with Gasteiger partial charge < -0.3 is 20.3 Å². The van der Waals surface area contributed by atoms with Crippen LogP contribution in [0.4, 0.5) is 17.2 Å². The molecule has 3 aromatic rings. The number of benzene rings is 2. The summed E-state index contributed by atoms with van der Waals surface area (Å²) < 4.78 is 6.18. The predicted octanol–water partition coefficient (Wildman–Crippen LogP) is 6.44. The summed E-state index contributed by atoms with van der Waals surface area (Å²) in [4.78, 5) is 31.6. The molecule has 1 aliphatic heterocycles. The van der Waals surface area contributed by atoms with E-state index in [0.717, 1.165) is 42.3 Å². The highest BCUT2D eigenvalue weighted by Gasteiger charge is 2.22. The zero-order valence-corrected chi connectivity index (χ0v) is 21.4. The van der Waals surface area contributed by atoms with Gasteiger partial charge in [0.15, 0.2) is 6.10 Å². The van der Waals surface area contributed by atoms with E-state index in [2.05, 4.69) is 15.6 Å². The molecule has 37 heavy (non-hydrogen) atoms. The highest BCUT2D eigenvalue weighted by Crippen LogP contribution is 2.28. The minimum atomic E-state index is -0.645. The van der Waals surface area contributed by atoms with E-state index < -0.39 is 6.10 Å². The predicted molar refractivity (Wildman–Crippen MR) is 150 cm³/mol. The van der Waals surface area contributed by atoms with Crippen LogP contribution in [0.15, 0.2) is 79.2 Å². The molecule has 0 bridgehead atoms. The van der Waals surface area contributed by atoms with Crippen molar-refractivity contribution in [1.29, 1.82) is 0 Å². The van der Waals surface area contributed by atoms with Crippen molar-refractivity contribution in [3.8, 4) is 5.75 Å². The molecule has 1 saturated heterocycles. The van der Waals surface area contributed by atoms with Gasteiger partial charge in [-0.25, -0.2) is 4.98 Å². The quantitative estimate of drug-likeness (QED) is 0.314. The molecule has 192 valence electrons. The van der Waals surface area contributed by atoms with E-state index in [0.29, 0.717) is 30.1 Å². The van der Waals surface area contributed by atoms with Gasteiger partial charge in [-0.15, -0.1) is 0 Å². The summed E-state index contributed by atoms with van der Waals surface area (Å²) in [5.74, 6) is 1.26. The van der Waals surface area contributed by atoms with Crippen molar-refractivity contribution in [2.24, 2.45) is 0 Å². The summed E-state index contributed by atoms with van der Waals surface area (Å²) in [5.41, 5.74) is 1.53. The van der Waals surface area contributed by atoms with Crippen LogP contribution in [0.3, 0.4) is 0 Å². The Balaban J connectivity index is 1.46. The van der Waals surface area contributed by atoms with Crippen LogP contribution in [0.1, 0.15) is 46.0 Å². The molecule has 1 fully saturated rings. The molecule has 2 amide bonds. The van der Waals surface area contributed by atoms with Gasteiger partial charge in [-0.3, -0.25) is 9.59 Å². The Kier molecular flexibility index (Phi) is 8.92. The first-order valence-corrected chi connectivity index (χ1v) is 12.9. The molecule has 7 heteroatoms. The number of nitrogens with one attached hydrogen (secondary N) is 2. The molecule has 2 heterocycles. The van der Waals surface area contributed by atoms with Crippen LogP contribution < -0.4 is 20.3 Å². The summed E-state index contributed by atoms with van der Waals surface area (Å²) in [7, 11) is 0. The Labute approximate surface area is 218 Å². The number of carbonyl (C=O) groups is 2. The lowest BCUT2D eigenvalue weighted by atomic mass is 10.1. The van der Waals surface area contributed by atoms with Crippen LogP contribution in [0, 0.1) is 0 Å². The summed E-state index contributed by atoms with van der Waals surface area (Å²) in [6, 6.07) is 15.1. The number of aromatic nitrogens is 1. The maximum atomic E-state index is 13.1. The van der Waals surface area contributed by atoms with Crippen molar-refractivity contribution in [3.63, 3.8) is 0 Å². The lowest BCUT2D eigenvalue weighted by Gasteiger charge is -2.27. The van der Waals surface area contributed by atoms with Crippen LogP contribution in [-0.2, 0) is 9.59 Å². The lowest BCUT2D eigenvalue weighted by Crippen LogP contribution is -2.35. The van der Waals surface area contributed by atoms with E-state index in [4.69, 9.17) is 4.74 Å². The molecule has 0 aliphatic carbocycles. The number of carbonyl (C=O) groups excluding carboxylic acids is 2. The molecule has 0 radical (unpaired) electrons. The molecule has 4 rings (SSSR count). The van der Waals surface area contributed by atoms with Gasteiger partial charge in [0.1, 0.15) is 11.6 Å². The van der Waals surface area contributed by atoms with Gasteiger partial charge >= 0.3 is 0 Å². The Hall–Kier alpha value is -4.13. The topological polar surface area (TPSA) is 83.6 Å². The third-order valence-electron chi connectivity index (χ3n) is 6.25. The number of piperidine rings is 1. The second kappa shape index (κ2) is 12.7. The van der Waals surface area contributed by atoms with Crippen molar-refractivity contribution in [2.75, 3.05) is 22.1 Å². The first kappa shape index (κ1) is 25.9. The number of nitrogens with zero attached hydrogens (tertiary/aromatic N) is 2. The Bertz CT molecular complexity index is 1280. The van der Waals surface area contributed by atoms with E-state index in [9.17, 15) is 9.59 Å².